The van der Waals surface area contributed by atoms with Gasteiger partial charge < -0.3 is 10.1 Å². The molecule has 0 aromatic rings. The minimum absolute atomic E-state index is 0.255. The van der Waals surface area contributed by atoms with Crippen molar-refractivity contribution in [1.29, 1.82) is 0 Å². The Hall–Kier alpha value is -0.260. The van der Waals surface area contributed by atoms with E-state index >= 15 is 0 Å². The van der Waals surface area contributed by atoms with Gasteiger partial charge in [0.1, 0.15) is 0 Å². The second-order valence-corrected chi connectivity index (χ2v) is 6.18. The number of nitrogens with one attached hydrogen (secondary N) is 1. The Morgan fingerprint density at radius 3 is 2.56 bits per heavy atom. The van der Waals surface area contributed by atoms with E-state index in [1.165, 1.54) is 32.8 Å². The first kappa shape index (κ1) is 12.2. The maximum atomic E-state index is 11.2. The monoisotopic (exact) mass is 335 g/mol. The molecule has 2 aliphatic rings. The number of methoxy groups -OCH3 is 1. The fraction of sp³-hybridized carbons (Fsp3) is 0.750. The predicted molar refractivity (Wildman–Crippen MR) is 71.9 cm³/mol. The lowest BCUT2D eigenvalue weighted by Gasteiger charge is -2.34. The van der Waals surface area contributed by atoms with Gasteiger partial charge in [0.25, 0.3) is 0 Å². The zero-order valence-corrected chi connectivity index (χ0v) is 11.7. The number of alkyl carbamates (subject to hydrolysis) is 1. The molecular formula is C12H18INO2. The van der Waals surface area contributed by atoms with Gasteiger partial charge in [-0.15, -0.1) is 0 Å². The molecule has 2 unspecified atom stereocenters. The number of alkyl halides is 1. The highest BCUT2D eigenvalue weighted by molar-refractivity contribution is 14.1. The van der Waals surface area contributed by atoms with Crippen molar-refractivity contribution in [1.82, 2.24) is 5.32 Å². The van der Waals surface area contributed by atoms with Gasteiger partial charge in [0.05, 0.1) is 7.11 Å². The van der Waals surface area contributed by atoms with E-state index in [1.807, 2.05) is 0 Å². The summed E-state index contributed by atoms with van der Waals surface area (Å²) in [6.07, 6.45) is 7.04. The van der Waals surface area contributed by atoms with E-state index < -0.39 is 0 Å². The summed E-state index contributed by atoms with van der Waals surface area (Å²) < 4.78 is 5.18. The third-order valence-electron chi connectivity index (χ3n) is 3.54. The topological polar surface area (TPSA) is 38.3 Å². The van der Waals surface area contributed by atoms with Gasteiger partial charge in [0, 0.05) is 9.97 Å². The molecule has 0 aromatic heterocycles. The Morgan fingerprint density at radius 1 is 1.31 bits per heavy atom. The Bertz CT molecular complexity index is 314. The van der Waals surface area contributed by atoms with Crippen LogP contribution in [0.2, 0.25) is 0 Å². The van der Waals surface area contributed by atoms with E-state index in [1.54, 1.807) is 11.1 Å². The third-order valence-corrected chi connectivity index (χ3v) is 4.85. The summed E-state index contributed by atoms with van der Waals surface area (Å²) in [7, 11) is 1.42. The predicted octanol–water partition coefficient (Wildman–Crippen LogP) is 3.18. The van der Waals surface area contributed by atoms with E-state index in [0.717, 1.165) is 12.8 Å². The van der Waals surface area contributed by atoms with Crippen LogP contribution in [0.4, 0.5) is 4.79 Å². The van der Waals surface area contributed by atoms with Gasteiger partial charge in [-0.25, -0.2) is 4.79 Å². The number of allylic oxidation sites excluding steroid dienone is 1. The first-order valence-electron chi connectivity index (χ1n) is 5.89. The second-order valence-electron chi connectivity index (χ2n) is 4.58. The number of hydrogen-bond donors (Lipinski definition) is 1. The summed E-state index contributed by atoms with van der Waals surface area (Å²) in [5.41, 5.74) is 3.26. The largest absolute Gasteiger partial charge is 0.453 e. The van der Waals surface area contributed by atoms with Gasteiger partial charge in [0.15, 0.2) is 0 Å². The summed E-state index contributed by atoms with van der Waals surface area (Å²) >= 11 is 2.45. The molecule has 1 N–H and O–H groups in total. The van der Waals surface area contributed by atoms with Crippen molar-refractivity contribution >= 4 is 28.7 Å². The molecule has 0 radical (unpaired) electrons. The molecule has 4 heteroatoms. The average molecular weight is 335 g/mol. The molecule has 0 saturated carbocycles. The number of amides is 1. The van der Waals surface area contributed by atoms with Gasteiger partial charge in [0.2, 0.25) is 0 Å². The highest BCUT2D eigenvalue weighted by atomic mass is 127. The molecule has 0 spiro atoms. The summed E-state index contributed by atoms with van der Waals surface area (Å²) in [6, 6.07) is 0.255. The summed E-state index contributed by atoms with van der Waals surface area (Å²) in [4.78, 5) is 11.2. The third kappa shape index (κ3) is 2.70. The number of carbonyl (C=O) groups is 1. The van der Waals surface area contributed by atoms with Crippen molar-refractivity contribution in [2.45, 2.75) is 48.5 Å². The van der Waals surface area contributed by atoms with Crippen molar-refractivity contribution in [2.75, 3.05) is 7.11 Å². The van der Waals surface area contributed by atoms with Crippen LogP contribution in [0, 0.1) is 0 Å². The molecule has 2 aliphatic carbocycles. The van der Waals surface area contributed by atoms with Crippen LogP contribution in [-0.2, 0) is 4.74 Å². The van der Waals surface area contributed by atoms with Crippen LogP contribution in [-0.4, -0.2) is 23.2 Å². The van der Waals surface area contributed by atoms with Crippen molar-refractivity contribution in [3.63, 3.8) is 0 Å². The molecule has 0 fully saturated rings. The van der Waals surface area contributed by atoms with Crippen molar-refractivity contribution in [3.05, 3.63) is 11.1 Å². The highest BCUT2D eigenvalue weighted by Crippen LogP contribution is 2.38. The molecule has 16 heavy (non-hydrogen) atoms. The minimum Gasteiger partial charge on any atom is -0.453 e. The summed E-state index contributed by atoms with van der Waals surface area (Å²) in [5.74, 6) is 0. The maximum absolute atomic E-state index is 11.2. The number of rotatable bonds is 1. The summed E-state index contributed by atoms with van der Waals surface area (Å²) in [5, 5.41) is 2.95. The van der Waals surface area contributed by atoms with Crippen LogP contribution in [0.15, 0.2) is 11.1 Å². The standard InChI is InChI=1S/C12H18INO2/c1-16-12(15)14-11-7-9-5-3-2-4-8(9)6-10(11)13/h10-11H,2-7H2,1H3,(H,14,15). The Balaban J connectivity index is 2.02. The number of halogens is 1. The van der Waals surface area contributed by atoms with Gasteiger partial charge in [-0.2, -0.15) is 0 Å². The van der Waals surface area contributed by atoms with Gasteiger partial charge >= 0.3 is 6.09 Å². The average Bonchev–Trinajstić information content (AvgIpc) is 2.30. The summed E-state index contributed by atoms with van der Waals surface area (Å²) in [6.45, 7) is 0. The van der Waals surface area contributed by atoms with E-state index in [4.69, 9.17) is 0 Å². The van der Waals surface area contributed by atoms with Crippen molar-refractivity contribution < 1.29 is 9.53 Å². The molecular weight excluding hydrogens is 317 g/mol. The fourth-order valence-electron chi connectivity index (χ4n) is 2.65. The van der Waals surface area contributed by atoms with Gasteiger partial charge in [-0.3, -0.25) is 0 Å². The molecule has 0 heterocycles. The zero-order valence-electron chi connectivity index (χ0n) is 9.59. The molecule has 2 atom stereocenters. The molecule has 0 aliphatic heterocycles. The zero-order chi connectivity index (χ0) is 11.5. The lowest BCUT2D eigenvalue weighted by molar-refractivity contribution is 0.166. The molecule has 1 amide bonds. The maximum Gasteiger partial charge on any atom is 0.407 e. The number of hydrogen-bond acceptors (Lipinski definition) is 2. The van der Waals surface area contributed by atoms with Crippen molar-refractivity contribution in [3.8, 4) is 0 Å². The Labute approximate surface area is 110 Å². The minimum atomic E-state index is -0.300. The molecule has 0 saturated heterocycles. The van der Waals surface area contributed by atoms with Crippen LogP contribution >= 0.6 is 22.6 Å². The smallest absolute Gasteiger partial charge is 0.407 e. The molecule has 0 aromatic carbocycles. The lowest BCUT2D eigenvalue weighted by Crippen LogP contribution is -2.43. The molecule has 2 rings (SSSR count). The number of carbonyl (C=O) groups excluding carboxylic acids is 1. The normalized spacial score (nSPS) is 29.6. The van der Waals surface area contributed by atoms with Crippen molar-refractivity contribution in [2.24, 2.45) is 0 Å². The van der Waals surface area contributed by atoms with Crippen LogP contribution in [0.1, 0.15) is 38.5 Å². The quantitative estimate of drug-likeness (QED) is 0.454. The number of ether oxygens (including phenoxy) is 1. The lowest BCUT2D eigenvalue weighted by atomic mass is 9.80. The first-order chi connectivity index (χ1) is 7.70. The van der Waals surface area contributed by atoms with Gasteiger partial charge in [-0.1, -0.05) is 33.7 Å². The van der Waals surface area contributed by atoms with Crippen LogP contribution in [0.25, 0.3) is 0 Å². The van der Waals surface area contributed by atoms with E-state index in [2.05, 4.69) is 32.6 Å². The van der Waals surface area contributed by atoms with Crippen LogP contribution < -0.4 is 5.32 Å². The second kappa shape index (κ2) is 5.38. The van der Waals surface area contributed by atoms with E-state index in [9.17, 15) is 4.79 Å². The van der Waals surface area contributed by atoms with E-state index in [-0.39, 0.29) is 12.1 Å². The molecule has 3 nitrogen and oxygen atoms in total. The van der Waals surface area contributed by atoms with Crippen LogP contribution in [0.5, 0.6) is 0 Å². The SMILES string of the molecule is COC(=O)NC1CC2=C(CCCC2)CC1I. The Kier molecular flexibility index (Phi) is 4.10. The van der Waals surface area contributed by atoms with Crippen LogP contribution in [0.3, 0.4) is 0 Å². The van der Waals surface area contributed by atoms with E-state index in [0.29, 0.717) is 3.92 Å². The van der Waals surface area contributed by atoms with Gasteiger partial charge in [-0.05, 0) is 38.5 Å². The molecule has 0 bridgehead atoms. The highest BCUT2D eigenvalue weighted by Gasteiger charge is 2.30. The first-order valence-corrected chi connectivity index (χ1v) is 7.13. The fourth-order valence-corrected chi connectivity index (χ4v) is 3.61. The molecule has 90 valence electrons. The Morgan fingerprint density at radius 2 is 1.94 bits per heavy atom.